The minimum absolute atomic E-state index is 0.394. The lowest BCUT2D eigenvalue weighted by Gasteiger charge is -2.43. The Morgan fingerprint density at radius 2 is 1.74 bits per heavy atom. The van der Waals surface area contributed by atoms with E-state index in [0.717, 1.165) is 30.6 Å². The van der Waals surface area contributed by atoms with E-state index in [1.165, 1.54) is 39.5 Å². The van der Waals surface area contributed by atoms with Crippen molar-refractivity contribution in [2.24, 2.45) is 35.0 Å². The second kappa shape index (κ2) is 5.49. The number of carboxylic acid groups (broad SMARTS) is 1. The first-order chi connectivity index (χ1) is 10.7. The molecule has 0 saturated heterocycles. The van der Waals surface area contributed by atoms with Crippen molar-refractivity contribution >= 4 is 11.9 Å². The first-order valence-corrected chi connectivity index (χ1v) is 9.17. The van der Waals surface area contributed by atoms with Crippen LogP contribution in [0, 0.1) is 35.0 Å². The van der Waals surface area contributed by atoms with Gasteiger partial charge in [0, 0.05) is 5.92 Å². The molecule has 0 radical (unpaired) electrons. The molecule has 0 aromatic carbocycles. The van der Waals surface area contributed by atoms with Crippen LogP contribution in [0.5, 0.6) is 0 Å². The number of carbonyl (C=O) groups excluding carboxylic acids is 1. The quantitative estimate of drug-likeness (QED) is 0.616. The van der Waals surface area contributed by atoms with Gasteiger partial charge in [-0.1, -0.05) is 13.3 Å². The molecule has 130 valence electrons. The molecule has 0 aromatic rings. The molecule has 0 spiro atoms. The summed E-state index contributed by atoms with van der Waals surface area (Å²) in [6.45, 7) is 6.94. The van der Waals surface area contributed by atoms with Crippen LogP contribution in [-0.2, 0) is 14.3 Å². The predicted molar refractivity (Wildman–Crippen MR) is 86.7 cm³/mol. The summed E-state index contributed by atoms with van der Waals surface area (Å²) in [6, 6.07) is 0. The van der Waals surface area contributed by atoms with Crippen LogP contribution in [0.25, 0.3) is 0 Å². The number of rotatable bonds is 5. The van der Waals surface area contributed by atoms with Crippen molar-refractivity contribution in [3.8, 4) is 0 Å². The number of carboxylic acids is 1. The normalized spacial score (nSPS) is 38.2. The molecule has 3 rings (SSSR count). The van der Waals surface area contributed by atoms with E-state index in [-0.39, 0.29) is 0 Å². The maximum Gasteiger partial charge on any atom is 0.323 e. The van der Waals surface area contributed by atoms with Crippen molar-refractivity contribution in [1.82, 2.24) is 0 Å². The van der Waals surface area contributed by atoms with Gasteiger partial charge in [-0.2, -0.15) is 0 Å². The molecule has 3 fully saturated rings. The first-order valence-electron chi connectivity index (χ1n) is 9.17. The van der Waals surface area contributed by atoms with Crippen LogP contribution in [-0.4, -0.2) is 22.6 Å². The van der Waals surface area contributed by atoms with Gasteiger partial charge < -0.3 is 9.84 Å². The Balaban J connectivity index is 1.77. The molecule has 0 heterocycles. The molecule has 6 atom stereocenters. The third-order valence-electron chi connectivity index (χ3n) is 7.29. The van der Waals surface area contributed by atoms with Crippen molar-refractivity contribution in [2.75, 3.05) is 0 Å². The SMILES string of the molecule is CCC(C)(OC(=O)C(C)(C)C(=O)O)C1CC2CC1C1CCCC21. The minimum Gasteiger partial charge on any atom is -0.480 e. The van der Waals surface area contributed by atoms with Gasteiger partial charge in [0.1, 0.15) is 5.60 Å². The van der Waals surface area contributed by atoms with E-state index < -0.39 is 23.0 Å². The lowest BCUT2D eigenvalue weighted by Crippen LogP contribution is -2.48. The summed E-state index contributed by atoms with van der Waals surface area (Å²) in [4.78, 5) is 23.8. The fraction of sp³-hybridized carbons (Fsp3) is 0.895. The molecule has 23 heavy (non-hydrogen) atoms. The summed E-state index contributed by atoms with van der Waals surface area (Å²) in [7, 11) is 0. The monoisotopic (exact) mass is 322 g/mol. The van der Waals surface area contributed by atoms with Gasteiger partial charge in [-0.15, -0.1) is 0 Å². The second-order valence-corrected chi connectivity index (χ2v) is 8.75. The molecule has 0 aromatic heterocycles. The molecular weight excluding hydrogens is 292 g/mol. The van der Waals surface area contributed by atoms with Gasteiger partial charge in [0.25, 0.3) is 0 Å². The number of hydrogen-bond acceptors (Lipinski definition) is 3. The van der Waals surface area contributed by atoms with E-state index in [2.05, 4.69) is 6.92 Å². The smallest absolute Gasteiger partial charge is 0.323 e. The highest BCUT2D eigenvalue weighted by Crippen LogP contribution is 2.63. The molecule has 0 aliphatic heterocycles. The molecule has 4 nitrogen and oxygen atoms in total. The Morgan fingerprint density at radius 1 is 1.09 bits per heavy atom. The second-order valence-electron chi connectivity index (χ2n) is 8.75. The average Bonchev–Trinajstić information content (AvgIpc) is 3.18. The lowest BCUT2D eigenvalue weighted by molar-refractivity contribution is -0.184. The van der Waals surface area contributed by atoms with Crippen LogP contribution in [0.1, 0.15) is 66.2 Å². The number of esters is 1. The fourth-order valence-electron chi connectivity index (χ4n) is 5.61. The third-order valence-corrected chi connectivity index (χ3v) is 7.29. The molecule has 6 unspecified atom stereocenters. The Labute approximate surface area is 139 Å². The van der Waals surface area contributed by atoms with E-state index in [0.29, 0.717) is 11.8 Å². The van der Waals surface area contributed by atoms with Crippen LogP contribution >= 0.6 is 0 Å². The summed E-state index contributed by atoms with van der Waals surface area (Å²) in [6.07, 6.45) is 7.25. The average molecular weight is 322 g/mol. The third kappa shape index (κ3) is 2.49. The van der Waals surface area contributed by atoms with Gasteiger partial charge in [-0.05, 0) is 76.5 Å². The van der Waals surface area contributed by atoms with E-state index in [1.807, 2.05) is 6.92 Å². The van der Waals surface area contributed by atoms with E-state index in [4.69, 9.17) is 4.74 Å². The van der Waals surface area contributed by atoms with Gasteiger partial charge in [-0.3, -0.25) is 9.59 Å². The topological polar surface area (TPSA) is 63.6 Å². The zero-order valence-electron chi connectivity index (χ0n) is 14.8. The van der Waals surface area contributed by atoms with Gasteiger partial charge in [0.15, 0.2) is 5.41 Å². The van der Waals surface area contributed by atoms with Crippen LogP contribution in [0.15, 0.2) is 0 Å². The number of aliphatic carboxylic acids is 1. The van der Waals surface area contributed by atoms with Gasteiger partial charge >= 0.3 is 11.9 Å². The van der Waals surface area contributed by atoms with Crippen LogP contribution in [0.3, 0.4) is 0 Å². The highest BCUT2D eigenvalue weighted by molar-refractivity contribution is 5.98. The Hall–Kier alpha value is -1.06. The lowest BCUT2D eigenvalue weighted by atomic mass is 9.68. The van der Waals surface area contributed by atoms with Crippen molar-refractivity contribution < 1.29 is 19.4 Å². The van der Waals surface area contributed by atoms with Gasteiger partial charge in [-0.25, -0.2) is 0 Å². The number of ether oxygens (including phenoxy) is 1. The standard InChI is InChI=1S/C19H30O4/c1-5-19(4,23-17(22)18(2,3)16(20)21)15-10-11-9-14(15)13-8-6-7-12(11)13/h11-15H,5-10H2,1-4H3,(H,20,21). The molecule has 2 bridgehead atoms. The Bertz CT molecular complexity index is 511. The summed E-state index contributed by atoms with van der Waals surface area (Å²) in [5, 5.41) is 9.27. The molecule has 3 aliphatic rings. The van der Waals surface area contributed by atoms with Crippen molar-refractivity contribution in [3.05, 3.63) is 0 Å². The fourth-order valence-corrected chi connectivity index (χ4v) is 5.61. The zero-order chi connectivity index (χ0) is 17.0. The molecule has 3 saturated carbocycles. The van der Waals surface area contributed by atoms with Crippen molar-refractivity contribution in [1.29, 1.82) is 0 Å². The molecule has 1 N–H and O–H groups in total. The highest BCUT2D eigenvalue weighted by Gasteiger charge is 2.59. The molecule has 0 amide bonds. The van der Waals surface area contributed by atoms with Crippen molar-refractivity contribution in [3.63, 3.8) is 0 Å². The summed E-state index contributed by atoms with van der Waals surface area (Å²) in [5.74, 6) is 1.86. The summed E-state index contributed by atoms with van der Waals surface area (Å²) in [5.41, 5.74) is -2.01. The number of fused-ring (bicyclic) bond motifs is 5. The highest BCUT2D eigenvalue weighted by atomic mass is 16.6. The Kier molecular flexibility index (Phi) is 4.01. The first kappa shape index (κ1) is 16.8. The number of hydrogen-bond donors (Lipinski definition) is 1. The van der Waals surface area contributed by atoms with Gasteiger partial charge in [0.05, 0.1) is 0 Å². The Morgan fingerprint density at radius 3 is 2.35 bits per heavy atom. The minimum atomic E-state index is -1.48. The van der Waals surface area contributed by atoms with Crippen LogP contribution in [0.4, 0.5) is 0 Å². The van der Waals surface area contributed by atoms with E-state index in [9.17, 15) is 14.7 Å². The van der Waals surface area contributed by atoms with Crippen LogP contribution in [0.2, 0.25) is 0 Å². The maximum absolute atomic E-state index is 12.5. The van der Waals surface area contributed by atoms with Crippen LogP contribution < -0.4 is 0 Å². The molecule has 3 aliphatic carbocycles. The zero-order valence-corrected chi connectivity index (χ0v) is 14.8. The largest absolute Gasteiger partial charge is 0.480 e. The van der Waals surface area contributed by atoms with Crippen molar-refractivity contribution in [2.45, 2.75) is 71.8 Å². The molecular formula is C19H30O4. The predicted octanol–water partition coefficient (Wildman–Crippen LogP) is 3.88. The summed E-state index contributed by atoms with van der Waals surface area (Å²) < 4.78 is 5.88. The van der Waals surface area contributed by atoms with E-state index >= 15 is 0 Å². The maximum atomic E-state index is 12.5. The molecule has 4 heteroatoms. The summed E-state index contributed by atoms with van der Waals surface area (Å²) >= 11 is 0. The van der Waals surface area contributed by atoms with Gasteiger partial charge in [0.2, 0.25) is 0 Å². The van der Waals surface area contributed by atoms with E-state index in [1.54, 1.807) is 0 Å². The number of carbonyl (C=O) groups is 2.